The maximum Gasteiger partial charge on any atom is 0.218 e. The summed E-state index contributed by atoms with van der Waals surface area (Å²) in [5.41, 5.74) is 2.58. The van der Waals surface area contributed by atoms with Crippen LogP contribution in [0.4, 0.5) is 5.69 Å². The second kappa shape index (κ2) is 6.26. The Morgan fingerprint density at radius 3 is 2.72 bits per heavy atom. The topological polar surface area (TPSA) is 55.8 Å². The number of Topliss-reactive ketones (excluding diaryl/α,β-unsaturated/α-hetero) is 2. The molecule has 3 fully saturated rings. The Balaban J connectivity index is 1.52. The lowest BCUT2D eigenvalue weighted by molar-refractivity contribution is -0.163. The SMILES string of the molecule is O=C1[C@H]2OC[C@@H](O2)[C@H]2[C@H]1[C@@H](C(=O)c1ccc(Cl)cc1)N1c3ccccc3C=C[C@@H]21. The van der Waals surface area contributed by atoms with Gasteiger partial charge in [0.05, 0.1) is 24.7 Å². The molecule has 5 nitrogen and oxygen atoms in total. The molecular weight excluding hydrogens is 390 g/mol. The van der Waals surface area contributed by atoms with Crippen LogP contribution >= 0.6 is 11.6 Å². The molecule has 0 spiro atoms. The van der Waals surface area contributed by atoms with E-state index in [0.29, 0.717) is 17.2 Å². The highest BCUT2D eigenvalue weighted by atomic mass is 35.5. The number of hydrogen-bond donors (Lipinski definition) is 0. The molecule has 4 aliphatic rings. The summed E-state index contributed by atoms with van der Waals surface area (Å²) in [6.45, 7) is 0.388. The first-order valence-electron chi connectivity index (χ1n) is 9.79. The molecule has 2 aromatic rings. The highest BCUT2D eigenvalue weighted by Crippen LogP contribution is 2.50. The van der Waals surface area contributed by atoms with Gasteiger partial charge in [-0.25, -0.2) is 0 Å². The number of fused-ring (bicyclic) bond motifs is 8. The van der Waals surface area contributed by atoms with Gasteiger partial charge in [0.25, 0.3) is 0 Å². The molecule has 3 saturated heterocycles. The third-order valence-electron chi connectivity index (χ3n) is 6.56. The van der Waals surface area contributed by atoms with Gasteiger partial charge in [-0.3, -0.25) is 9.59 Å². The van der Waals surface area contributed by atoms with Crippen LogP contribution in [0.2, 0.25) is 5.02 Å². The first-order chi connectivity index (χ1) is 14.1. The summed E-state index contributed by atoms with van der Waals surface area (Å²) in [7, 11) is 0. The molecule has 0 radical (unpaired) electrons. The second-order valence-electron chi connectivity index (χ2n) is 7.98. The van der Waals surface area contributed by atoms with Gasteiger partial charge < -0.3 is 14.4 Å². The number of benzene rings is 2. The van der Waals surface area contributed by atoms with E-state index >= 15 is 0 Å². The maximum absolute atomic E-state index is 13.7. The highest BCUT2D eigenvalue weighted by Gasteiger charge is 2.63. The largest absolute Gasteiger partial charge is 0.353 e. The summed E-state index contributed by atoms with van der Waals surface area (Å²) >= 11 is 6.02. The van der Waals surface area contributed by atoms with Crippen LogP contribution in [-0.4, -0.2) is 42.7 Å². The van der Waals surface area contributed by atoms with E-state index in [1.807, 2.05) is 24.3 Å². The molecule has 0 unspecified atom stereocenters. The summed E-state index contributed by atoms with van der Waals surface area (Å²) in [5.74, 6) is -0.785. The molecule has 29 heavy (non-hydrogen) atoms. The lowest BCUT2D eigenvalue weighted by Gasteiger charge is -2.35. The van der Waals surface area contributed by atoms with Crippen LogP contribution in [0, 0.1) is 11.8 Å². The van der Waals surface area contributed by atoms with Crippen LogP contribution in [0.3, 0.4) is 0 Å². The van der Waals surface area contributed by atoms with Crippen molar-refractivity contribution in [1.29, 1.82) is 0 Å². The molecule has 2 bridgehead atoms. The molecule has 0 aliphatic carbocycles. The monoisotopic (exact) mass is 407 g/mol. The van der Waals surface area contributed by atoms with Crippen molar-refractivity contribution >= 4 is 34.9 Å². The number of nitrogens with zero attached hydrogens (tertiary/aromatic N) is 1. The van der Waals surface area contributed by atoms with Crippen molar-refractivity contribution in [3.05, 3.63) is 70.8 Å². The van der Waals surface area contributed by atoms with Crippen molar-refractivity contribution in [2.45, 2.75) is 24.5 Å². The first-order valence-corrected chi connectivity index (χ1v) is 10.2. The molecule has 0 saturated carbocycles. The Hall–Kier alpha value is -2.47. The predicted molar refractivity (Wildman–Crippen MR) is 108 cm³/mol. The van der Waals surface area contributed by atoms with E-state index in [1.54, 1.807) is 24.3 Å². The molecule has 0 amide bonds. The minimum atomic E-state index is -0.859. The van der Waals surface area contributed by atoms with Gasteiger partial charge in [0, 0.05) is 22.2 Å². The molecule has 6 rings (SSSR count). The van der Waals surface area contributed by atoms with Gasteiger partial charge in [-0.15, -0.1) is 0 Å². The number of ketones is 2. The number of carbonyl (C=O) groups excluding carboxylic acids is 2. The number of rotatable bonds is 2. The van der Waals surface area contributed by atoms with Gasteiger partial charge in [-0.1, -0.05) is 42.0 Å². The fourth-order valence-electron chi connectivity index (χ4n) is 5.36. The molecule has 4 aliphatic heterocycles. The number of anilines is 1. The third kappa shape index (κ3) is 2.41. The van der Waals surface area contributed by atoms with Crippen LogP contribution in [0.15, 0.2) is 54.6 Å². The van der Waals surface area contributed by atoms with Crippen LogP contribution in [0.5, 0.6) is 0 Å². The normalized spacial score (nSPS) is 34.0. The van der Waals surface area contributed by atoms with Crippen LogP contribution in [0.25, 0.3) is 6.08 Å². The molecular formula is C23H18ClNO4. The zero-order chi connectivity index (χ0) is 19.7. The summed E-state index contributed by atoms with van der Waals surface area (Å²) in [6, 6.07) is 14.2. The summed E-state index contributed by atoms with van der Waals surface area (Å²) in [4.78, 5) is 29.1. The first kappa shape index (κ1) is 17.4. The average molecular weight is 408 g/mol. The highest BCUT2D eigenvalue weighted by molar-refractivity contribution is 6.30. The summed E-state index contributed by atoms with van der Waals surface area (Å²) < 4.78 is 11.4. The van der Waals surface area contributed by atoms with Crippen LogP contribution in [0.1, 0.15) is 15.9 Å². The molecule has 146 valence electrons. The zero-order valence-corrected chi connectivity index (χ0v) is 16.2. The number of para-hydroxylation sites is 1. The molecule has 6 atom stereocenters. The van der Waals surface area contributed by atoms with E-state index in [4.69, 9.17) is 21.1 Å². The van der Waals surface area contributed by atoms with E-state index in [1.165, 1.54) is 0 Å². The Labute approximate surface area is 172 Å². The Morgan fingerprint density at radius 1 is 1.10 bits per heavy atom. The van der Waals surface area contributed by atoms with Crippen molar-refractivity contribution in [1.82, 2.24) is 0 Å². The van der Waals surface area contributed by atoms with Crippen LogP contribution < -0.4 is 4.90 Å². The summed E-state index contributed by atoms with van der Waals surface area (Å²) in [6.07, 6.45) is 3.13. The number of halogens is 1. The van der Waals surface area contributed by atoms with Gasteiger partial charge in [-0.05, 0) is 35.9 Å². The molecule has 2 aromatic carbocycles. The number of hydrogen-bond acceptors (Lipinski definition) is 5. The Morgan fingerprint density at radius 2 is 1.90 bits per heavy atom. The Kier molecular flexibility index (Phi) is 3.76. The number of ether oxygens (including phenoxy) is 2. The molecule has 4 heterocycles. The lowest BCUT2D eigenvalue weighted by Crippen LogP contribution is -2.49. The van der Waals surface area contributed by atoms with Crippen molar-refractivity contribution in [2.24, 2.45) is 11.8 Å². The quantitative estimate of drug-likeness (QED) is 0.714. The van der Waals surface area contributed by atoms with E-state index in [9.17, 15) is 9.59 Å². The smallest absolute Gasteiger partial charge is 0.218 e. The summed E-state index contributed by atoms with van der Waals surface area (Å²) in [5, 5.41) is 0.573. The predicted octanol–water partition coefficient (Wildman–Crippen LogP) is 3.36. The molecule has 6 heteroatoms. The zero-order valence-electron chi connectivity index (χ0n) is 15.4. The molecule has 0 N–H and O–H groups in total. The van der Waals surface area contributed by atoms with E-state index in [-0.39, 0.29) is 29.6 Å². The van der Waals surface area contributed by atoms with Crippen molar-refractivity contribution < 1.29 is 19.1 Å². The van der Waals surface area contributed by atoms with Gasteiger partial charge >= 0.3 is 0 Å². The Bertz CT molecular complexity index is 1050. The van der Waals surface area contributed by atoms with Gasteiger partial charge in [-0.2, -0.15) is 0 Å². The lowest BCUT2D eigenvalue weighted by atomic mass is 9.77. The minimum absolute atomic E-state index is 0.0704. The van der Waals surface area contributed by atoms with Crippen molar-refractivity contribution in [3.63, 3.8) is 0 Å². The van der Waals surface area contributed by atoms with Gasteiger partial charge in [0.1, 0.15) is 6.04 Å². The van der Waals surface area contributed by atoms with Crippen LogP contribution in [-0.2, 0) is 14.3 Å². The fourth-order valence-corrected chi connectivity index (χ4v) is 5.49. The van der Waals surface area contributed by atoms with Gasteiger partial charge in [0.2, 0.25) is 6.29 Å². The fraction of sp³-hybridized carbons (Fsp3) is 0.304. The maximum atomic E-state index is 13.7. The van der Waals surface area contributed by atoms with Gasteiger partial charge in [0.15, 0.2) is 11.6 Å². The second-order valence-corrected chi connectivity index (χ2v) is 8.41. The minimum Gasteiger partial charge on any atom is -0.353 e. The van der Waals surface area contributed by atoms with Crippen molar-refractivity contribution in [2.75, 3.05) is 11.5 Å². The van der Waals surface area contributed by atoms with Crippen molar-refractivity contribution in [3.8, 4) is 0 Å². The average Bonchev–Trinajstić information content (AvgIpc) is 3.33. The standard InChI is InChI=1S/C23H18ClNO4/c24-14-8-5-13(6-9-14)21(26)20-19-18(17-11-28-23(29-17)22(19)27)16-10-7-12-3-1-2-4-15(12)25(16)20/h1-10,16-20,23H,11H2/t16-,17+,18-,19-,20-,23-/m0/s1. The van der Waals surface area contributed by atoms with E-state index in [0.717, 1.165) is 11.3 Å². The number of carbonyl (C=O) groups is 2. The van der Waals surface area contributed by atoms with E-state index < -0.39 is 18.2 Å². The third-order valence-corrected chi connectivity index (χ3v) is 6.81. The van der Waals surface area contributed by atoms with E-state index in [2.05, 4.69) is 17.1 Å². The molecule has 0 aromatic heterocycles.